The van der Waals surface area contributed by atoms with Crippen molar-refractivity contribution < 1.29 is 14.3 Å². The summed E-state index contributed by atoms with van der Waals surface area (Å²) in [5.41, 5.74) is 5.89. The van der Waals surface area contributed by atoms with Crippen LogP contribution in [0.25, 0.3) is 0 Å². The van der Waals surface area contributed by atoms with Crippen LogP contribution < -0.4 is 11.1 Å². The zero-order chi connectivity index (χ0) is 17.0. The first-order valence-corrected chi connectivity index (χ1v) is 6.54. The van der Waals surface area contributed by atoms with Crippen molar-refractivity contribution in [2.45, 2.75) is 13.8 Å². The number of nitriles is 1. The molecule has 2 rings (SSSR count). The van der Waals surface area contributed by atoms with Crippen LogP contribution in [0.1, 0.15) is 39.0 Å². The van der Waals surface area contributed by atoms with E-state index in [1.165, 1.54) is 13.1 Å². The Morgan fingerprint density at radius 1 is 1.52 bits per heavy atom. The quantitative estimate of drug-likeness (QED) is 0.683. The summed E-state index contributed by atoms with van der Waals surface area (Å²) < 4.78 is 4.89. The van der Waals surface area contributed by atoms with Gasteiger partial charge in [0.2, 0.25) is 0 Å². The lowest BCUT2D eigenvalue weighted by Gasteiger charge is -2.13. The molecule has 10 nitrogen and oxygen atoms in total. The van der Waals surface area contributed by atoms with E-state index in [-0.39, 0.29) is 40.6 Å². The van der Waals surface area contributed by atoms with Crippen molar-refractivity contribution in [3.8, 4) is 6.07 Å². The Kier molecular flexibility index (Phi) is 4.51. The number of esters is 1. The second-order valence-electron chi connectivity index (χ2n) is 4.35. The molecule has 4 N–H and O–H groups in total. The molecule has 0 spiro atoms. The number of amides is 1. The van der Waals surface area contributed by atoms with Crippen LogP contribution in [0.3, 0.4) is 0 Å². The van der Waals surface area contributed by atoms with E-state index in [1.54, 1.807) is 6.92 Å². The van der Waals surface area contributed by atoms with Crippen molar-refractivity contribution in [3.05, 3.63) is 28.7 Å². The van der Waals surface area contributed by atoms with Crippen LogP contribution in [-0.4, -0.2) is 38.9 Å². The van der Waals surface area contributed by atoms with Gasteiger partial charge in [0, 0.05) is 0 Å². The summed E-state index contributed by atoms with van der Waals surface area (Å²) in [5.74, 6) is -1.37. The molecule has 0 aliphatic carbocycles. The fourth-order valence-electron chi connectivity index (χ4n) is 1.87. The van der Waals surface area contributed by atoms with Gasteiger partial charge in [-0.25, -0.2) is 9.78 Å². The number of carbonyl (C=O) groups excluding carboxylic acids is 2. The van der Waals surface area contributed by atoms with Crippen molar-refractivity contribution in [2.75, 3.05) is 17.7 Å². The molecule has 23 heavy (non-hydrogen) atoms. The molecule has 118 valence electrons. The maximum atomic E-state index is 12.0. The van der Waals surface area contributed by atoms with Crippen molar-refractivity contribution in [3.63, 3.8) is 0 Å². The third-order valence-corrected chi connectivity index (χ3v) is 2.89. The average molecular weight is 315 g/mol. The minimum Gasteiger partial charge on any atom is -0.462 e. The van der Waals surface area contributed by atoms with Gasteiger partial charge in [0.05, 0.1) is 24.2 Å². The third kappa shape index (κ3) is 3.08. The number of nitrogens with two attached hydrogens (primary N) is 1. The molecule has 0 aliphatic heterocycles. The standard InChI is InChI=1S/C13H13N7O3/c1-3-23-13(22)9-6(2)17-11(7(4-14)10(9)15)18-12(21)8-5-16-20-19-8/h5H,3H2,1-2H3,(H,16,19,20)(H3,15,17,18,21). The lowest BCUT2D eigenvalue weighted by Crippen LogP contribution is -2.19. The van der Waals surface area contributed by atoms with Gasteiger partial charge in [0.25, 0.3) is 5.91 Å². The van der Waals surface area contributed by atoms with E-state index in [9.17, 15) is 14.9 Å². The lowest BCUT2D eigenvalue weighted by molar-refractivity contribution is 0.0526. The van der Waals surface area contributed by atoms with E-state index in [0.717, 1.165) is 0 Å². The minimum absolute atomic E-state index is 0.00263. The van der Waals surface area contributed by atoms with E-state index < -0.39 is 11.9 Å². The Balaban J connectivity index is 2.44. The highest BCUT2D eigenvalue weighted by molar-refractivity contribution is 6.04. The van der Waals surface area contributed by atoms with Crippen LogP contribution in [-0.2, 0) is 4.74 Å². The highest BCUT2D eigenvalue weighted by Gasteiger charge is 2.23. The summed E-state index contributed by atoms with van der Waals surface area (Å²) in [6.45, 7) is 3.33. The van der Waals surface area contributed by atoms with E-state index >= 15 is 0 Å². The zero-order valence-electron chi connectivity index (χ0n) is 12.4. The number of aromatic amines is 1. The fourth-order valence-corrected chi connectivity index (χ4v) is 1.87. The first-order valence-electron chi connectivity index (χ1n) is 6.54. The maximum absolute atomic E-state index is 12.0. The molecule has 2 aromatic heterocycles. The van der Waals surface area contributed by atoms with Crippen molar-refractivity contribution >= 4 is 23.4 Å². The predicted molar refractivity (Wildman–Crippen MR) is 78.4 cm³/mol. The number of nitrogen functional groups attached to an aromatic ring is 1. The van der Waals surface area contributed by atoms with Crippen LogP contribution >= 0.6 is 0 Å². The smallest absolute Gasteiger partial charge is 0.342 e. The fraction of sp³-hybridized carbons (Fsp3) is 0.231. The molecule has 0 atom stereocenters. The zero-order valence-corrected chi connectivity index (χ0v) is 12.4. The first-order chi connectivity index (χ1) is 11.0. The number of nitrogens with one attached hydrogen (secondary N) is 2. The largest absolute Gasteiger partial charge is 0.462 e. The number of nitrogens with zero attached hydrogens (tertiary/aromatic N) is 4. The Morgan fingerprint density at radius 3 is 2.83 bits per heavy atom. The molecule has 0 saturated carbocycles. The number of hydrogen-bond acceptors (Lipinski definition) is 8. The number of ether oxygens (including phenoxy) is 1. The molecule has 0 saturated heterocycles. The van der Waals surface area contributed by atoms with Gasteiger partial charge >= 0.3 is 5.97 Å². The van der Waals surface area contributed by atoms with Crippen LogP contribution in [0, 0.1) is 18.3 Å². The van der Waals surface area contributed by atoms with E-state index in [4.69, 9.17) is 10.5 Å². The first kappa shape index (κ1) is 15.9. The Bertz CT molecular complexity index is 793. The number of anilines is 2. The summed E-state index contributed by atoms with van der Waals surface area (Å²) in [6.07, 6.45) is 1.21. The second-order valence-corrected chi connectivity index (χ2v) is 4.35. The number of H-pyrrole nitrogens is 1. The summed E-state index contributed by atoms with van der Waals surface area (Å²) in [4.78, 5) is 27.9. The summed E-state index contributed by atoms with van der Waals surface area (Å²) in [7, 11) is 0. The van der Waals surface area contributed by atoms with Gasteiger partial charge in [-0.2, -0.15) is 20.7 Å². The van der Waals surface area contributed by atoms with Gasteiger partial charge < -0.3 is 15.8 Å². The van der Waals surface area contributed by atoms with Crippen molar-refractivity contribution in [1.82, 2.24) is 20.4 Å². The third-order valence-electron chi connectivity index (χ3n) is 2.89. The summed E-state index contributed by atoms with van der Waals surface area (Å²) in [6, 6.07) is 1.83. The Labute approximate surface area is 130 Å². The summed E-state index contributed by atoms with van der Waals surface area (Å²) in [5, 5.41) is 21.1. The van der Waals surface area contributed by atoms with Gasteiger partial charge in [0.15, 0.2) is 11.5 Å². The molecule has 0 aliphatic rings. The summed E-state index contributed by atoms with van der Waals surface area (Å²) >= 11 is 0. The van der Waals surface area contributed by atoms with Gasteiger partial charge in [-0.05, 0) is 13.8 Å². The topological polar surface area (TPSA) is 160 Å². The Hall–Kier alpha value is -3.48. The molecule has 2 aromatic rings. The number of rotatable bonds is 4. The van der Waals surface area contributed by atoms with Crippen LogP contribution in [0.4, 0.5) is 11.5 Å². The van der Waals surface area contributed by atoms with Crippen molar-refractivity contribution in [1.29, 1.82) is 5.26 Å². The molecule has 2 heterocycles. The average Bonchev–Trinajstić information content (AvgIpc) is 3.01. The van der Waals surface area contributed by atoms with Crippen LogP contribution in [0.5, 0.6) is 0 Å². The number of hydrogen-bond donors (Lipinski definition) is 3. The molecule has 10 heteroatoms. The van der Waals surface area contributed by atoms with E-state index in [1.807, 2.05) is 6.07 Å². The molecule has 1 amide bonds. The molecular formula is C13H13N7O3. The number of aryl methyl sites for hydroxylation is 1. The predicted octanol–water partition coefficient (Wildman–Crippen LogP) is 0.391. The molecule has 0 bridgehead atoms. The molecule has 0 aromatic carbocycles. The van der Waals surface area contributed by atoms with Crippen LogP contribution in [0.15, 0.2) is 6.20 Å². The number of carbonyl (C=O) groups is 2. The molecule has 0 unspecified atom stereocenters. The van der Waals surface area contributed by atoms with Gasteiger partial charge in [0.1, 0.15) is 17.2 Å². The Morgan fingerprint density at radius 2 is 2.26 bits per heavy atom. The van der Waals surface area contributed by atoms with Crippen LogP contribution in [0.2, 0.25) is 0 Å². The van der Waals surface area contributed by atoms with E-state index in [0.29, 0.717) is 0 Å². The number of pyridine rings is 1. The minimum atomic E-state index is -0.680. The monoisotopic (exact) mass is 315 g/mol. The normalized spacial score (nSPS) is 9.96. The van der Waals surface area contributed by atoms with Gasteiger partial charge in [-0.15, -0.1) is 0 Å². The molecular weight excluding hydrogens is 302 g/mol. The SMILES string of the molecule is CCOC(=O)c1c(C)nc(NC(=O)c2cn[nH]n2)c(C#N)c1N. The maximum Gasteiger partial charge on any atom is 0.342 e. The molecule has 0 radical (unpaired) electrons. The number of aromatic nitrogens is 4. The highest BCUT2D eigenvalue weighted by Crippen LogP contribution is 2.26. The van der Waals surface area contributed by atoms with Crippen molar-refractivity contribution in [2.24, 2.45) is 0 Å². The lowest BCUT2D eigenvalue weighted by atomic mass is 10.1. The van der Waals surface area contributed by atoms with E-state index in [2.05, 4.69) is 25.7 Å². The van der Waals surface area contributed by atoms with Gasteiger partial charge in [-0.3, -0.25) is 4.79 Å². The highest BCUT2D eigenvalue weighted by atomic mass is 16.5. The van der Waals surface area contributed by atoms with Gasteiger partial charge in [-0.1, -0.05) is 0 Å². The molecule has 0 fully saturated rings. The second kappa shape index (κ2) is 6.52.